The first-order valence-corrected chi connectivity index (χ1v) is 6.61. The van der Waals surface area contributed by atoms with Crippen LogP contribution in [0.3, 0.4) is 0 Å². The number of hydrogen-bond donors (Lipinski definition) is 2. The predicted octanol–water partition coefficient (Wildman–Crippen LogP) is 2.67. The smallest absolute Gasteiger partial charge is 0.329 e. The van der Waals surface area contributed by atoms with Crippen LogP contribution in [0.2, 0.25) is 0 Å². The number of H-pyrrole nitrogens is 2. The summed E-state index contributed by atoms with van der Waals surface area (Å²) in [5.41, 5.74) is 2.39. The van der Waals surface area contributed by atoms with Crippen LogP contribution in [0.1, 0.15) is 22.7 Å². The van der Waals surface area contributed by atoms with Gasteiger partial charge in [0, 0.05) is 23.2 Å². The van der Waals surface area contributed by atoms with Crippen molar-refractivity contribution in [1.29, 1.82) is 0 Å². The maximum atomic E-state index is 12.4. The zero-order valence-electron chi connectivity index (χ0n) is 11.9. The highest BCUT2D eigenvalue weighted by molar-refractivity contribution is 5.55. The summed E-state index contributed by atoms with van der Waals surface area (Å²) in [6, 6.07) is 6.56. The number of alkyl halides is 3. The summed E-state index contributed by atoms with van der Waals surface area (Å²) in [6.45, 7) is 1.78. The molecule has 0 bridgehead atoms. The van der Waals surface area contributed by atoms with E-state index in [0.29, 0.717) is 17.5 Å². The number of aromatic nitrogens is 4. The number of rotatable bonds is 3. The van der Waals surface area contributed by atoms with Crippen LogP contribution in [0, 0.1) is 6.92 Å². The van der Waals surface area contributed by atoms with Crippen molar-refractivity contribution in [3.63, 3.8) is 0 Å². The average Bonchev–Trinajstić information content (AvgIpc) is 3.10. The van der Waals surface area contributed by atoms with E-state index in [2.05, 4.69) is 24.9 Å². The quantitative estimate of drug-likeness (QED) is 0.775. The van der Waals surface area contributed by atoms with Crippen molar-refractivity contribution in [2.24, 2.45) is 0 Å². The Morgan fingerprint density at radius 1 is 1.17 bits per heavy atom. The zero-order chi connectivity index (χ0) is 16.6. The van der Waals surface area contributed by atoms with Gasteiger partial charge in [-0.1, -0.05) is 29.4 Å². The monoisotopic (exact) mass is 324 g/mol. The Hall–Kier alpha value is -2.84. The van der Waals surface area contributed by atoms with Gasteiger partial charge in [0.05, 0.1) is 0 Å². The van der Waals surface area contributed by atoms with E-state index in [1.54, 1.807) is 31.2 Å². The molecule has 1 aromatic carbocycles. The second-order valence-corrected chi connectivity index (χ2v) is 4.98. The fourth-order valence-electron chi connectivity index (χ4n) is 2.12. The molecule has 0 aliphatic rings. The maximum absolute atomic E-state index is 12.4. The van der Waals surface area contributed by atoms with E-state index in [1.807, 2.05) is 0 Å². The molecule has 120 valence electrons. The van der Waals surface area contributed by atoms with Crippen LogP contribution in [-0.2, 0) is 12.6 Å². The lowest BCUT2D eigenvalue weighted by Crippen LogP contribution is -2.06. The van der Waals surface area contributed by atoms with Crippen molar-refractivity contribution in [1.82, 2.24) is 20.3 Å². The second kappa shape index (κ2) is 5.41. The van der Waals surface area contributed by atoms with Gasteiger partial charge in [0.15, 0.2) is 0 Å². The Morgan fingerprint density at radius 3 is 2.39 bits per heavy atom. The second-order valence-electron chi connectivity index (χ2n) is 4.98. The third-order valence-corrected chi connectivity index (χ3v) is 3.35. The lowest BCUT2D eigenvalue weighted by Gasteiger charge is -2.01. The molecule has 6 nitrogen and oxygen atoms in total. The number of nitrogens with one attached hydrogen (secondary N) is 2. The topological polar surface area (TPSA) is 87.6 Å². The van der Waals surface area contributed by atoms with E-state index in [9.17, 15) is 18.0 Å². The predicted molar refractivity (Wildman–Crippen MR) is 73.7 cm³/mol. The molecule has 0 amide bonds. The number of aromatic amines is 2. The molecule has 23 heavy (non-hydrogen) atoms. The lowest BCUT2D eigenvalue weighted by molar-refractivity contribution is -0.159. The van der Waals surface area contributed by atoms with Gasteiger partial charge < -0.3 is 9.62 Å². The first-order chi connectivity index (χ1) is 10.8. The summed E-state index contributed by atoms with van der Waals surface area (Å²) in [4.78, 5) is 14.9. The Bertz CT molecular complexity index is 875. The molecule has 0 spiro atoms. The first-order valence-electron chi connectivity index (χ1n) is 6.61. The van der Waals surface area contributed by atoms with Gasteiger partial charge in [-0.2, -0.15) is 18.2 Å². The van der Waals surface area contributed by atoms with E-state index < -0.39 is 12.1 Å². The SMILES string of the molecule is Cc1[nH][nH]c(=O)c1Cc1ccc(-c2noc(C(F)(F)F)n2)cc1. The van der Waals surface area contributed by atoms with Gasteiger partial charge in [-0.3, -0.25) is 9.89 Å². The van der Waals surface area contributed by atoms with Crippen LogP contribution in [0.25, 0.3) is 11.4 Å². The molecule has 3 aromatic rings. The minimum atomic E-state index is -4.67. The van der Waals surface area contributed by atoms with Gasteiger partial charge in [-0.25, -0.2) is 0 Å². The van der Waals surface area contributed by atoms with Crippen LogP contribution >= 0.6 is 0 Å². The summed E-state index contributed by atoms with van der Waals surface area (Å²) in [7, 11) is 0. The van der Waals surface area contributed by atoms with Crippen molar-refractivity contribution in [3.05, 3.63) is 57.3 Å². The first kappa shape index (κ1) is 15.1. The highest BCUT2D eigenvalue weighted by Crippen LogP contribution is 2.29. The molecule has 0 aliphatic heterocycles. The summed E-state index contributed by atoms with van der Waals surface area (Å²) >= 11 is 0. The molecule has 0 saturated carbocycles. The molecule has 2 heterocycles. The largest absolute Gasteiger partial charge is 0.471 e. The number of halogens is 3. The fourth-order valence-corrected chi connectivity index (χ4v) is 2.12. The summed E-state index contributed by atoms with van der Waals surface area (Å²) in [5.74, 6) is -1.52. The number of aryl methyl sites for hydroxylation is 1. The number of benzene rings is 1. The molecular weight excluding hydrogens is 313 g/mol. The highest BCUT2D eigenvalue weighted by atomic mass is 19.4. The van der Waals surface area contributed by atoms with E-state index in [-0.39, 0.29) is 11.4 Å². The Kier molecular flexibility index (Phi) is 3.55. The summed E-state index contributed by atoms with van der Waals surface area (Å²) < 4.78 is 41.5. The highest BCUT2D eigenvalue weighted by Gasteiger charge is 2.38. The van der Waals surface area contributed by atoms with Gasteiger partial charge >= 0.3 is 12.1 Å². The van der Waals surface area contributed by atoms with Gasteiger partial charge in [-0.15, -0.1) is 0 Å². The Labute approximate surface area is 127 Å². The van der Waals surface area contributed by atoms with Crippen molar-refractivity contribution < 1.29 is 17.7 Å². The van der Waals surface area contributed by atoms with Gasteiger partial charge in [-0.05, 0) is 12.5 Å². The van der Waals surface area contributed by atoms with Crippen LogP contribution in [-0.4, -0.2) is 20.3 Å². The van der Waals surface area contributed by atoms with Crippen LogP contribution < -0.4 is 5.56 Å². The number of hydrogen-bond acceptors (Lipinski definition) is 4. The van der Waals surface area contributed by atoms with Gasteiger partial charge in [0.2, 0.25) is 5.82 Å². The summed E-state index contributed by atoms with van der Waals surface area (Å²) in [6.07, 6.45) is -4.26. The van der Waals surface area contributed by atoms with Gasteiger partial charge in [0.1, 0.15) is 0 Å². The molecule has 0 atom stereocenters. The van der Waals surface area contributed by atoms with E-state index in [4.69, 9.17) is 0 Å². The van der Waals surface area contributed by atoms with Crippen molar-refractivity contribution in [2.45, 2.75) is 19.5 Å². The van der Waals surface area contributed by atoms with Crippen LogP contribution in [0.5, 0.6) is 0 Å². The molecule has 2 N–H and O–H groups in total. The normalized spacial score (nSPS) is 11.8. The average molecular weight is 324 g/mol. The molecule has 0 unspecified atom stereocenters. The third kappa shape index (κ3) is 3.03. The summed E-state index contributed by atoms with van der Waals surface area (Å²) in [5, 5.41) is 8.55. The lowest BCUT2D eigenvalue weighted by atomic mass is 10.0. The molecule has 3 rings (SSSR count). The van der Waals surface area contributed by atoms with Crippen LogP contribution in [0.15, 0.2) is 33.6 Å². The maximum Gasteiger partial charge on any atom is 0.471 e. The van der Waals surface area contributed by atoms with Crippen molar-refractivity contribution in [3.8, 4) is 11.4 Å². The molecule has 0 saturated heterocycles. The fraction of sp³-hybridized carbons (Fsp3) is 0.214. The Morgan fingerprint density at radius 2 is 1.87 bits per heavy atom. The standard InChI is InChI=1S/C14H11F3N4O2/c1-7-10(12(22)20-19-7)6-8-2-4-9(5-3-8)11-18-13(23-21-11)14(15,16)17/h2-5H,6H2,1H3,(H2,19,20,22). The van der Waals surface area contributed by atoms with Crippen molar-refractivity contribution in [2.75, 3.05) is 0 Å². The molecule has 9 heteroatoms. The number of nitrogens with zero attached hydrogens (tertiary/aromatic N) is 2. The molecule has 2 aromatic heterocycles. The third-order valence-electron chi connectivity index (χ3n) is 3.35. The minimum absolute atomic E-state index is 0.139. The van der Waals surface area contributed by atoms with E-state index in [0.717, 1.165) is 11.3 Å². The Balaban J connectivity index is 1.82. The van der Waals surface area contributed by atoms with Gasteiger partial charge in [0.25, 0.3) is 5.56 Å². The van der Waals surface area contributed by atoms with E-state index in [1.165, 1.54) is 0 Å². The zero-order valence-corrected chi connectivity index (χ0v) is 11.9. The molecule has 0 radical (unpaired) electrons. The van der Waals surface area contributed by atoms with Crippen molar-refractivity contribution >= 4 is 0 Å². The molecule has 0 aliphatic carbocycles. The molecule has 0 fully saturated rings. The molecular formula is C14H11F3N4O2. The minimum Gasteiger partial charge on any atom is -0.329 e. The van der Waals surface area contributed by atoms with E-state index >= 15 is 0 Å². The van der Waals surface area contributed by atoms with Crippen LogP contribution in [0.4, 0.5) is 13.2 Å².